The molecule has 3 heterocycles. The molecule has 4 N–H and O–H groups in total. The van der Waals surface area contributed by atoms with Crippen molar-refractivity contribution in [1.82, 2.24) is 25.0 Å². The molecule has 3 aromatic heterocycles. The third kappa shape index (κ3) is 7.14. The van der Waals surface area contributed by atoms with E-state index >= 15 is 0 Å². The largest absolute Gasteiger partial charge is 0.479 e. The third-order valence-corrected chi connectivity index (χ3v) is 5.64. The maximum atomic E-state index is 15.0. The van der Waals surface area contributed by atoms with Crippen LogP contribution in [0.5, 0.6) is 5.88 Å². The lowest BCUT2D eigenvalue weighted by Crippen LogP contribution is -2.31. The van der Waals surface area contributed by atoms with Crippen molar-refractivity contribution in [1.29, 1.82) is 0 Å². The number of ether oxygens (including phenoxy) is 2. The molecular weight excluding hydrogens is 495 g/mol. The number of carbonyl (C=O) groups excluding carboxylic acids is 2. The number of methoxy groups -OCH3 is 1. The van der Waals surface area contributed by atoms with Gasteiger partial charge in [0.05, 0.1) is 43.4 Å². The number of hydrogen-bond donors (Lipinski definition) is 3. The van der Waals surface area contributed by atoms with Crippen LogP contribution in [0, 0.1) is 11.7 Å². The molecule has 0 bridgehead atoms. The van der Waals surface area contributed by atoms with E-state index in [0.29, 0.717) is 17.8 Å². The van der Waals surface area contributed by atoms with Crippen molar-refractivity contribution in [3.05, 3.63) is 42.1 Å². The summed E-state index contributed by atoms with van der Waals surface area (Å²) < 4.78 is 27.2. The summed E-state index contributed by atoms with van der Waals surface area (Å²) in [7, 11) is 1.47. The molecule has 0 saturated carbocycles. The second-order valence-electron chi connectivity index (χ2n) is 9.70. The summed E-state index contributed by atoms with van der Waals surface area (Å²) in [4.78, 5) is 33.0. The number of nitrogens with two attached hydrogens (primary N) is 1. The highest BCUT2D eigenvalue weighted by atomic mass is 19.1. The van der Waals surface area contributed by atoms with E-state index in [1.165, 1.54) is 24.2 Å². The van der Waals surface area contributed by atoms with Crippen LogP contribution >= 0.6 is 0 Å². The second kappa shape index (κ2) is 11.8. The fraction of sp³-hybridized carbons (Fsp3) is 0.440. The number of primary amides is 1. The maximum Gasteiger partial charge on any atom is 0.306 e. The van der Waals surface area contributed by atoms with E-state index in [1.807, 2.05) is 13.8 Å². The molecule has 0 aliphatic heterocycles. The van der Waals surface area contributed by atoms with Gasteiger partial charge in [-0.3, -0.25) is 9.59 Å². The van der Waals surface area contributed by atoms with Crippen LogP contribution in [-0.4, -0.2) is 55.6 Å². The highest BCUT2D eigenvalue weighted by Crippen LogP contribution is 2.28. The number of rotatable bonds is 11. The molecule has 13 heteroatoms. The smallest absolute Gasteiger partial charge is 0.306 e. The van der Waals surface area contributed by atoms with Crippen molar-refractivity contribution < 1.29 is 23.5 Å². The summed E-state index contributed by atoms with van der Waals surface area (Å²) in [5.74, 6) is -1.93. The van der Waals surface area contributed by atoms with E-state index in [0.717, 1.165) is 6.07 Å². The Balaban J connectivity index is 1.88. The van der Waals surface area contributed by atoms with Crippen LogP contribution in [0.25, 0.3) is 5.69 Å². The molecule has 0 aliphatic rings. The molecule has 38 heavy (non-hydrogen) atoms. The Kier molecular flexibility index (Phi) is 8.81. The molecule has 1 amide bonds. The SMILES string of the molecule is CC[C@H](CC(=O)OC(C)(C)C)[C@@H](C)Nc1nc(Nc2cnc(OC)c(-n3ccnn3)c2)c(C(N)=O)cc1F. The molecule has 0 saturated heterocycles. The zero-order valence-electron chi connectivity index (χ0n) is 22.3. The number of pyridine rings is 2. The molecule has 3 rings (SSSR count). The van der Waals surface area contributed by atoms with Crippen molar-refractivity contribution in [2.24, 2.45) is 11.7 Å². The van der Waals surface area contributed by atoms with Crippen LogP contribution in [0.4, 0.5) is 21.7 Å². The Morgan fingerprint density at radius 1 is 1.24 bits per heavy atom. The van der Waals surface area contributed by atoms with Crippen molar-refractivity contribution in [2.75, 3.05) is 17.7 Å². The van der Waals surface area contributed by atoms with Gasteiger partial charge in [-0.05, 0) is 45.7 Å². The van der Waals surface area contributed by atoms with Gasteiger partial charge in [0, 0.05) is 6.04 Å². The van der Waals surface area contributed by atoms with Gasteiger partial charge >= 0.3 is 5.97 Å². The van der Waals surface area contributed by atoms with E-state index in [2.05, 4.69) is 30.9 Å². The zero-order valence-corrected chi connectivity index (χ0v) is 22.3. The average Bonchev–Trinajstić information content (AvgIpc) is 3.38. The van der Waals surface area contributed by atoms with Crippen LogP contribution in [0.3, 0.4) is 0 Å². The molecule has 204 valence electrons. The first kappa shape index (κ1) is 28.3. The molecular formula is C25H33FN8O4. The Morgan fingerprint density at radius 2 is 1.97 bits per heavy atom. The number of esters is 1. The lowest BCUT2D eigenvalue weighted by Gasteiger charge is -2.26. The Bertz CT molecular complexity index is 1280. The lowest BCUT2D eigenvalue weighted by molar-refractivity contribution is -0.156. The summed E-state index contributed by atoms with van der Waals surface area (Å²) in [5.41, 5.74) is 5.63. The van der Waals surface area contributed by atoms with E-state index in [4.69, 9.17) is 15.2 Å². The van der Waals surface area contributed by atoms with Gasteiger partial charge in [0.2, 0.25) is 5.88 Å². The number of halogens is 1. The first-order chi connectivity index (χ1) is 17.9. The molecule has 12 nitrogen and oxygen atoms in total. The van der Waals surface area contributed by atoms with Crippen LogP contribution in [0.2, 0.25) is 0 Å². The Morgan fingerprint density at radius 3 is 2.55 bits per heavy atom. The van der Waals surface area contributed by atoms with Gasteiger partial charge in [-0.1, -0.05) is 18.6 Å². The van der Waals surface area contributed by atoms with Gasteiger partial charge in [0.1, 0.15) is 17.1 Å². The maximum absolute atomic E-state index is 15.0. The van der Waals surface area contributed by atoms with Gasteiger partial charge in [0.15, 0.2) is 11.6 Å². The summed E-state index contributed by atoms with van der Waals surface area (Å²) in [5, 5.41) is 13.7. The number of nitrogens with one attached hydrogen (secondary N) is 2. The number of aromatic nitrogens is 5. The first-order valence-corrected chi connectivity index (χ1v) is 12.1. The van der Waals surface area contributed by atoms with Crippen LogP contribution in [0.15, 0.2) is 30.7 Å². The standard InChI is InChI=1S/C25H33FN8O4/c1-7-15(10-20(35)38-25(3,4)5)14(2)30-23-18(26)12-17(21(27)36)22(32-23)31-16-11-19(24(37-6)28-13-16)34-9-8-29-33-34/h8-9,11-15H,7,10H2,1-6H3,(H2,27,36)(H2,30,31,32)/t14-,15-/m1/s1. The van der Waals surface area contributed by atoms with Gasteiger partial charge in [-0.2, -0.15) is 0 Å². The Labute approximate surface area is 220 Å². The van der Waals surface area contributed by atoms with Gasteiger partial charge in [-0.25, -0.2) is 19.0 Å². The number of anilines is 3. The third-order valence-electron chi connectivity index (χ3n) is 5.64. The van der Waals surface area contributed by atoms with Gasteiger partial charge < -0.3 is 25.8 Å². The first-order valence-electron chi connectivity index (χ1n) is 12.1. The predicted molar refractivity (Wildman–Crippen MR) is 139 cm³/mol. The quantitative estimate of drug-likeness (QED) is 0.314. The average molecular weight is 529 g/mol. The fourth-order valence-electron chi connectivity index (χ4n) is 3.78. The molecule has 0 aliphatic carbocycles. The summed E-state index contributed by atoms with van der Waals surface area (Å²) in [6.07, 6.45) is 5.36. The highest BCUT2D eigenvalue weighted by molar-refractivity contribution is 5.98. The molecule has 0 fully saturated rings. The van der Waals surface area contributed by atoms with Crippen molar-refractivity contribution >= 4 is 29.2 Å². The summed E-state index contributed by atoms with van der Waals surface area (Å²) in [6, 6.07) is 2.32. The minimum atomic E-state index is -0.868. The van der Waals surface area contributed by atoms with Crippen molar-refractivity contribution in [3.63, 3.8) is 0 Å². The second-order valence-corrected chi connectivity index (χ2v) is 9.70. The zero-order chi connectivity index (χ0) is 28.0. The number of amides is 1. The molecule has 0 radical (unpaired) electrons. The molecule has 0 unspecified atom stereocenters. The predicted octanol–water partition coefficient (Wildman–Crippen LogP) is 3.61. The summed E-state index contributed by atoms with van der Waals surface area (Å²) in [6.45, 7) is 9.16. The van der Waals surface area contributed by atoms with E-state index < -0.39 is 17.3 Å². The molecule has 3 aromatic rings. The van der Waals surface area contributed by atoms with Gasteiger partial charge in [-0.15, -0.1) is 5.10 Å². The number of hydrogen-bond acceptors (Lipinski definition) is 10. The fourth-order valence-corrected chi connectivity index (χ4v) is 3.78. The lowest BCUT2D eigenvalue weighted by atomic mass is 9.94. The minimum Gasteiger partial charge on any atom is -0.479 e. The topological polar surface area (TPSA) is 159 Å². The Hall–Kier alpha value is -4.29. The van der Waals surface area contributed by atoms with Gasteiger partial charge in [0.25, 0.3) is 5.91 Å². The van der Waals surface area contributed by atoms with Crippen LogP contribution in [0.1, 0.15) is 57.8 Å². The number of nitrogens with zero attached hydrogens (tertiary/aromatic N) is 5. The molecule has 0 aromatic carbocycles. The van der Waals surface area contributed by atoms with Crippen LogP contribution in [-0.2, 0) is 9.53 Å². The normalized spacial score (nSPS) is 12.9. The van der Waals surface area contributed by atoms with E-state index in [1.54, 1.807) is 33.0 Å². The van der Waals surface area contributed by atoms with Crippen molar-refractivity contribution in [3.8, 4) is 11.6 Å². The molecule has 2 atom stereocenters. The van der Waals surface area contributed by atoms with Crippen molar-refractivity contribution in [2.45, 2.75) is 59.1 Å². The highest BCUT2D eigenvalue weighted by Gasteiger charge is 2.25. The minimum absolute atomic E-state index is 0.0188. The summed E-state index contributed by atoms with van der Waals surface area (Å²) >= 11 is 0. The van der Waals surface area contributed by atoms with E-state index in [-0.39, 0.29) is 47.4 Å². The van der Waals surface area contributed by atoms with Crippen LogP contribution < -0.4 is 21.1 Å². The number of carbonyl (C=O) groups is 2. The monoisotopic (exact) mass is 528 g/mol. The molecule has 0 spiro atoms. The van der Waals surface area contributed by atoms with E-state index in [9.17, 15) is 14.0 Å².